The van der Waals surface area contributed by atoms with E-state index < -0.39 is 5.97 Å². The monoisotopic (exact) mass is 257 g/mol. The molecule has 0 saturated carbocycles. The van der Waals surface area contributed by atoms with Crippen LogP contribution in [0.25, 0.3) is 11.1 Å². The van der Waals surface area contributed by atoms with Crippen molar-refractivity contribution in [3.63, 3.8) is 0 Å². The number of benzene rings is 2. The van der Waals surface area contributed by atoms with E-state index >= 15 is 0 Å². The van der Waals surface area contributed by atoms with Gasteiger partial charge in [-0.25, -0.2) is 4.79 Å². The predicted molar refractivity (Wildman–Crippen MR) is 74.5 cm³/mol. The van der Waals surface area contributed by atoms with E-state index in [1.807, 2.05) is 19.1 Å². The number of nitrogen functional groups attached to an aromatic ring is 1. The molecular weight excluding hydrogens is 242 g/mol. The average Bonchev–Trinajstić information content (AvgIpc) is 2.39. The van der Waals surface area contributed by atoms with Crippen LogP contribution in [0.1, 0.15) is 15.9 Å². The molecule has 0 amide bonds. The van der Waals surface area contributed by atoms with Gasteiger partial charge in [0.1, 0.15) is 5.75 Å². The van der Waals surface area contributed by atoms with Gasteiger partial charge in [0.2, 0.25) is 0 Å². The fourth-order valence-corrected chi connectivity index (χ4v) is 2.01. The molecule has 0 aliphatic heterocycles. The van der Waals surface area contributed by atoms with Crippen molar-refractivity contribution in [2.75, 3.05) is 12.8 Å². The third kappa shape index (κ3) is 2.52. The number of ether oxygens (including phenoxy) is 1. The molecule has 2 aromatic rings. The van der Waals surface area contributed by atoms with Crippen LogP contribution in [0.2, 0.25) is 0 Å². The Morgan fingerprint density at radius 2 is 1.84 bits per heavy atom. The topological polar surface area (TPSA) is 72.5 Å². The van der Waals surface area contributed by atoms with Crippen molar-refractivity contribution < 1.29 is 14.6 Å². The van der Waals surface area contributed by atoms with Gasteiger partial charge in [-0.3, -0.25) is 0 Å². The summed E-state index contributed by atoms with van der Waals surface area (Å²) in [5, 5.41) is 8.95. The van der Waals surface area contributed by atoms with Crippen LogP contribution in [0.15, 0.2) is 36.4 Å². The molecule has 0 saturated heterocycles. The lowest BCUT2D eigenvalue weighted by Crippen LogP contribution is -1.98. The van der Waals surface area contributed by atoms with Crippen LogP contribution in [-0.4, -0.2) is 18.2 Å². The summed E-state index contributed by atoms with van der Waals surface area (Å²) in [5.74, 6) is -0.238. The van der Waals surface area contributed by atoms with Crippen LogP contribution in [-0.2, 0) is 0 Å². The first-order valence-corrected chi connectivity index (χ1v) is 5.80. The summed E-state index contributed by atoms with van der Waals surface area (Å²) in [7, 11) is 1.58. The minimum absolute atomic E-state index is 0.272. The highest BCUT2D eigenvalue weighted by Gasteiger charge is 2.10. The Hall–Kier alpha value is -2.49. The quantitative estimate of drug-likeness (QED) is 0.829. The molecule has 0 aromatic heterocycles. The van der Waals surface area contributed by atoms with Gasteiger partial charge in [0, 0.05) is 17.3 Å². The van der Waals surface area contributed by atoms with Crippen LogP contribution in [0.5, 0.6) is 5.75 Å². The highest BCUT2D eigenvalue weighted by atomic mass is 16.5. The predicted octanol–water partition coefficient (Wildman–Crippen LogP) is 2.95. The van der Waals surface area contributed by atoms with E-state index in [9.17, 15) is 4.79 Å². The second kappa shape index (κ2) is 5.02. The number of hydrogen-bond donors (Lipinski definition) is 2. The highest BCUT2D eigenvalue weighted by Crippen LogP contribution is 2.31. The first kappa shape index (κ1) is 13.0. The molecule has 98 valence electrons. The number of aryl methyl sites for hydroxylation is 1. The van der Waals surface area contributed by atoms with E-state index in [0.29, 0.717) is 11.4 Å². The SMILES string of the molecule is COc1ccc(-c2ccc(C(=O)O)cc2C)c(N)c1. The maximum absolute atomic E-state index is 10.9. The van der Waals surface area contributed by atoms with E-state index in [-0.39, 0.29) is 5.56 Å². The summed E-state index contributed by atoms with van der Waals surface area (Å²) in [6.07, 6.45) is 0. The van der Waals surface area contributed by atoms with Crippen molar-refractivity contribution >= 4 is 11.7 Å². The smallest absolute Gasteiger partial charge is 0.335 e. The molecule has 0 heterocycles. The maximum atomic E-state index is 10.9. The summed E-state index contributed by atoms with van der Waals surface area (Å²) < 4.78 is 5.11. The van der Waals surface area contributed by atoms with Crippen LogP contribution < -0.4 is 10.5 Å². The standard InChI is InChI=1S/C15H15NO3/c1-9-7-10(15(17)18)3-5-12(9)13-6-4-11(19-2)8-14(13)16/h3-8H,16H2,1-2H3,(H,17,18). The van der Waals surface area contributed by atoms with Gasteiger partial charge >= 0.3 is 5.97 Å². The molecule has 2 rings (SSSR count). The summed E-state index contributed by atoms with van der Waals surface area (Å²) in [6.45, 7) is 1.87. The van der Waals surface area contributed by atoms with Crippen LogP contribution in [0.3, 0.4) is 0 Å². The van der Waals surface area contributed by atoms with Crippen LogP contribution in [0.4, 0.5) is 5.69 Å². The van der Waals surface area contributed by atoms with Gasteiger partial charge < -0.3 is 15.6 Å². The van der Waals surface area contributed by atoms with E-state index in [1.54, 1.807) is 31.4 Å². The van der Waals surface area contributed by atoms with Crippen molar-refractivity contribution in [1.29, 1.82) is 0 Å². The van der Waals surface area contributed by atoms with Gasteiger partial charge in [0.25, 0.3) is 0 Å². The van der Waals surface area contributed by atoms with E-state index in [1.165, 1.54) is 0 Å². The van der Waals surface area contributed by atoms with Gasteiger partial charge in [-0.1, -0.05) is 6.07 Å². The Balaban J connectivity index is 2.50. The fraction of sp³-hybridized carbons (Fsp3) is 0.133. The Morgan fingerprint density at radius 3 is 2.37 bits per heavy atom. The van der Waals surface area contributed by atoms with E-state index in [4.69, 9.17) is 15.6 Å². The first-order valence-electron chi connectivity index (χ1n) is 5.80. The first-order chi connectivity index (χ1) is 9.02. The fourth-order valence-electron chi connectivity index (χ4n) is 2.01. The Kier molecular flexibility index (Phi) is 3.42. The van der Waals surface area contributed by atoms with Crippen molar-refractivity contribution in [1.82, 2.24) is 0 Å². The number of hydrogen-bond acceptors (Lipinski definition) is 3. The molecule has 0 fully saturated rings. The summed E-state index contributed by atoms with van der Waals surface area (Å²) in [4.78, 5) is 10.9. The molecular formula is C15H15NO3. The number of aromatic carboxylic acids is 1. The van der Waals surface area contributed by atoms with Gasteiger partial charge in [-0.2, -0.15) is 0 Å². The average molecular weight is 257 g/mol. The maximum Gasteiger partial charge on any atom is 0.335 e. The van der Waals surface area contributed by atoms with Gasteiger partial charge in [0.15, 0.2) is 0 Å². The number of nitrogens with two attached hydrogens (primary N) is 1. The lowest BCUT2D eigenvalue weighted by Gasteiger charge is -2.11. The van der Waals surface area contributed by atoms with E-state index in [0.717, 1.165) is 16.7 Å². The van der Waals surface area contributed by atoms with Crippen molar-refractivity contribution in [3.05, 3.63) is 47.5 Å². The van der Waals surface area contributed by atoms with Crippen LogP contribution in [0, 0.1) is 6.92 Å². The summed E-state index contributed by atoms with van der Waals surface area (Å²) in [6, 6.07) is 10.4. The molecule has 2 aromatic carbocycles. The summed E-state index contributed by atoms with van der Waals surface area (Å²) >= 11 is 0. The molecule has 0 bridgehead atoms. The molecule has 0 unspecified atom stereocenters. The number of methoxy groups -OCH3 is 1. The minimum Gasteiger partial charge on any atom is -0.497 e. The third-order valence-electron chi connectivity index (χ3n) is 3.02. The minimum atomic E-state index is -0.933. The molecule has 0 aliphatic rings. The van der Waals surface area contributed by atoms with Gasteiger partial charge in [-0.05, 0) is 42.3 Å². The normalized spacial score (nSPS) is 10.2. The molecule has 19 heavy (non-hydrogen) atoms. The van der Waals surface area contributed by atoms with Crippen LogP contribution >= 0.6 is 0 Å². The number of carboxylic acid groups (broad SMARTS) is 1. The number of carboxylic acids is 1. The molecule has 0 atom stereocenters. The Bertz CT molecular complexity index is 635. The molecule has 0 aliphatic carbocycles. The zero-order valence-corrected chi connectivity index (χ0v) is 10.8. The van der Waals surface area contributed by atoms with Crippen molar-refractivity contribution in [3.8, 4) is 16.9 Å². The van der Waals surface area contributed by atoms with Gasteiger partial charge in [-0.15, -0.1) is 0 Å². The lowest BCUT2D eigenvalue weighted by atomic mass is 9.97. The molecule has 4 nitrogen and oxygen atoms in total. The Morgan fingerprint density at radius 1 is 1.16 bits per heavy atom. The zero-order chi connectivity index (χ0) is 14.0. The molecule has 3 N–H and O–H groups in total. The molecule has 0 radical (unpaired) electrons. The second-order valence-electron chi connectivity index (χ2n) is 4.29. The molecule has 4 heteroatoms. The highest BCUT2D eigenvalue weighted by molar-refractivity contribution is 5.90. The van der Waals surface area contributed by atoms with E-state index in [2.05, 4.69) is 0 Å². The third-order valence-corrected chi connectivity index (χ3v) is 3.02. The number of carbonyl (C=O) groups is 1. The Labute approximate surface area is 111 Å². The molecule has 0 spiro atoms. The lowest BCUT2D eigenvalue weighted by molar-refractivity contribution is 0.0697. The summed E-state index contributed by atoms with van der Waals surface area (Å²) in [5.41, 5.74) is 9.54. The van der Waals surface area contributed by atoms with Gasteiger partial charge in [0.05, 0.1) is 12.7 Å². The number of anilines is 1. The number of rotatable bonds is 3. The van der Waals surface area contributed by atoms with Crippen molar-refractivity contribution in [2.24, 2.45) is 0 Å². The second-order valence-corrected chi connectivity index (χ2v) is 4.29. The largest absolute Gasteiger partial charge is 0.497 e. The zero-order valence-electron chi connectivity index (χ0n) is 10.8. The van der Waals surface area contributed by atoms with Crippen molar-refractivity contribution in [2.45, 2.75) is 6.92 Å².